The highest BCUT2D eigenvalue weighted by atomic mass is 15.0. The summed E-state index contributed by atoms with van der Waals surface area (Å²) in [5.41, 5.74) is 0. The lowest BCUT2D eigenvalue weighted by atomic mass is 10.2. The maximum absolute atomic E-state index is 4.34. The van der Waals surface area contributed by atoms with Crippen molar-refractivity contribution in [2.45, 2.75) is 39.0 Å². The van der Waals surface area contributed by atoms with Crippen LogP contribution in [0.25, 0.3) is 0 Å². The van der Waals surface area contributed by atoms with Crippen LogP contribution in [-0.2, 0) is 0 Å². The zero-order valence-corrected chi connectivity index (χ0v) is 9.68. The molecule has 0 aromatic rings. The van der Waals surface area contributed by atoms with Crippen LogP contribution in [0.3, 0.4) is 0 Å². The van der Waals surface area contributed by atoms with Gasteiger partial charge in [-0.25, -0.2) is 0 Å². The molecule has 0 amide bonds. The van der Waals surface area contributed by atoms with Crippen LogP contribution in [0.1, 0.15) is 39.0 Å². The van der Waals surface area contributed by atoms with E-state index in [0.29, 0.717) is 0 Å². The largest absolute Gasteiger partial charge is 0.308 e. The predicted molar refractivity (Wildman–Crippen MR) is 64.0 cm³/mol. The third-order valence-electron chi connectivity index (χ3n) is 2.01. The first kappa shape index (κ1) is 13.6. The van der Waals surface area contributed by atoms with Crippen molar-refractivity contribution in [2.75, 3.05) is 26.8 Å². The number of aliphatic imine (C=N–C) groups is 1. The van der Waals surface area contributed by atoms with E-state index in [1.807, 2.05) is 7.05 Å². The molecule has 0 fully saturated rings. The fraction of sp³-hybridized carbons (Fsp3) is 0.909. The quantitative estimate of drug-likeness (QED) is 0.320. The molecule has 0 saturated carbocycles. The monoisotopic (exact) mass is 199 g/mol. The molecule has 84 valence electrons. The number of nitrogens with zero attached hydrogens (tertiary/aromatic N) is 1. The third-order valence-corrected chi connectivity index (χ3v) is 2.01. The van der Waals surface area contributed by atoms with Gasteiger partial charge in [-0.2, -0.15) is 0 Å². The average Bonchev–Trinajstić information content (AvgIpc) is 2.21. The summed E-state index contributed by atoms with van der Waals surface area (Å²) in [5, 5.41) is 6.35. The summed E-state index contributed by atoms with van der Waals surface area (Å²) in [5.74, 6) is 0. The van der Waals surface area contributed by atoms with Gasteiger partial charge >= 0.3 is 0 Å². The molecule has 0 unspecified atom stereocenters. The van der Waals surface area contributed by atoms with Crippen LogP contribution in [-0.4, -0.2) is 33.0 Å². The molecule has 0 aromatic carbocycles. The molecule has 0 rings (SSSR count). The van der Waals surface area contributed by atoms with Crippen molar-refractivity contribution in [3.05, 3.63) is 0 Å². The van der Waals surface area contributed by atoms with Crippen LogP contribution in [0, 0.1) is 0 Å². The Morgan fingerprint density at radius 2 is 2.07 bits per heavy atom. The van der Waals surface area contributed by atoms with Crippen LogP contribution in [0.15, 0.2) is 4.99 Å². The minimum Gasteiger partial charge on any atom is -0.308 e. The van der Waals surface area contributed by atoms with Gasteiger partial charge in [-0.05, 0) is 45.5 Å². The van der Waals surface area contributed by atoms with Gasteiger partial charge in [-0.3, -0.25) is 4.99 Å². The van der Waals surface area contributed by atoms with Gasteiger partial charge in [0.15, 0.2) is 0 Å². The summed E-state index contributed by atoms with van der Waals surface area (Å²) in [6, 6.07) is 0. The molecule has 0 aliphatic rings. The fourth-order valence-corrected chi connectivity index (χ4v) is 1.13. The molecule has 0 heterocycles. The van der Waals surface area contributed by atoms with Crippen LogP contribution < -0.4 is 10.6 Å². The van der Waals surface area contributed by atoms with Crippen molar-refractivity contribution in [3.8, 4) is 0 Å². The Morgan fingerprint density at radius 3 is 2.79 bits per heavy atom. The highest BCUT2D eigenvalue weighted by molar-refractivity contribution is 5.56. The maximum atomic E-state index is 4.34. The Labute approximate surface area is 88.4 Å². The van der Waals surface area contributed by atoms with Crippen molar-refractivity contribution in [3.63, 3.8) is 0 Å². The van der Waals surface area contributed by atoms with Gasteiger partial charge in [0, 0.05) is 13.2 Å². The Morgan fingerprint density at radius 1 is 1.21 bits per heavy atom. The predicted octanol–water partition coefficient (Wildman–Crippen LogP) is 1.79. The topological polar surface area (TPSA) is 36.4 Å². The zero-order chi connectivity index (χ0) is 10.5. The standard InChI is InChI=1S/C11H25N3/c1-3-4-8-13-9-6-5-7-10-14-11-12-2/h9,12,14H,3-8,10-11H2,1-2H3. The molecule has 0 spiro atoms. The lowest BCUT2D eigenvalue weighted by molar-refractivity contribution is 0.597. The molecular formula is C11H25N3. The van der Waals surface area contributed by atoms with E-state index in [0.717, 1.165) is 26.2 Å². The molecule has 0 aromatic heterocycles. The van der Waals surface area contributed by atoms with Crippen LogP contribution in [0.4, 0.5) is 0 Å². The van der Waals surface area contributed by atoms with E-state index < -0.39 is 0 Å². The van der Waals surface area contributed by atoms with Gasteiger partial charge in [-0.15, -0.1) is 0 Å². The molecule has 0 aliphatic carbocycles. The minimum absolute atomic E-state index is 0.907. The SMILES string of the molecule is CCCCN=CCCCCNCNC. The molecule has 3 nitrogen and oxygen atoms in total. The van der Waals surface area contributed by atoms with E-state index in [4.69, 9.17) is 0 Å². The first-order chi connectivity index (χ1) is 6.91. The van der Waals surface area contributed by atoms with E-state index >= 15 is 0 Å². The Hall–Kier alpha value is -0.410. The maximum Gasteiger partial charge on any atom is 0.0451 e. The van der Waals surface area contributed by atoms with Crippen LogP contribution >= 0.6 is 0 Å². The Bertz CT molecular complexity index is 124. The number of hydrogen-bond acceptors (Lipinski definition) is 3. The lowest BCUT2D eigenvalue weighted by Gasteiger charge is -2.01. The average molecular weight is 199 g/mol. The second kappa shape index (κ2) is 12.6. The Kier molecular flexibility index (Phi) is 12.2. The highest BCUT2D eigenvalue weighted by Gasteiger charge is 1.86. The van der Waals surface area contributed by atoms with E-state index in [1.54, 1.807) is 0 Å². The summed E-state index contributed by atoms with van der Waals surface area (Å²) in [4.78, 5) is 4.34. The highest BCUT2D eigenvalue weighted by Crippen LogP contribution is 1.92. The van der Waals surface area contributed by atoms with Gasteiger partial charge in [0.1, 0.15) is 0 Å². The third kappa shape index (κ3) is 11.6. The number of hydrogen-bond donors (Lipinski definition) is 2. The van der Waals surface area contributed by atoms with Crippen molar-refractivity contribution < 1.29 is 0 Å². The van der Waals surface area contributed by atoms with E-state index in [9.17, 15) is 0 Å². The molecule has 3 heteroatoms. The van der Waals surface area contributed by atoms with E-state index in [1.165, 1.54) is 25.7 Å². The first-order valence-corrected chi connectivity index (χ1v) is 5.75. The van der Waals surface area contributed by atoms with Gasteiger partial charge in [-0.1, -0.05) is 13.3 Å². The normalized spacial score (nSPS) is 11.3. The zero-order valence-electron chi connectivity index (χ0n) is 9.68. The molecule has 14 heavy (non-hydrogen) atoms. The van der Waals surface area contributed by atoms with Gasteiger partial charge in [0.25, 0.3) is 0 Å². The van der Waals surface area contributed by atoms with Crippen molar-refractivity contribution in [2.24, 2.45) is 4.99 Å². The Balaban J connectivity index is 2.94. The van der Waals surface area contributed by atoms with Gasteiger partial charge in [0.2, 0.25) is 0 Å². The summed E-state index contributed by atoms with van der Waals surface area (Å²) < 4.78 is 0. The van der Waals surface area contributed by atoms with Crippen molar-refractivity contribution in [1.82, 2.24) is 10.6 Å². The van der Waals surface area contributed by atoms with Gasteiger partial charge in [0.05, 0.1) is 0 Å². The van der Waals surface area contributed by atoms with E-state index in [2.05, 4.69) is 28.8 Å². The number of rotatable bonds is 10. The fourth-order valence-electron chi connectivity index (χ4n) is 1.13. The number of nitrogens with one attached hydrogen (secondary N) is 2. The second-order valence-corrected chi connectivity index (χ2v) is 3.47. The first-order valence-electron chi connectivity index (χ1n) is 5.75. The number of unbranched alkanes of at least 4 members (excludes halogenated alkanes) is 3. The lowest BCUT2D eigenvalue weighted by Crippen LogP contribution is -2.26. The van der Waals surface area contributed by atoms with E-state index in [-0.39, 0.29) is 0 Å². The summed E-state index contributed by atoms with van der Waals surface area (Å²) in [7, 11) is 1.95. The minimum atomic E-state index is 0.907. The van der Waals surface area contributed by atoms with Crippen LogP contribution in [0.2, 0.25) is 0 Å². The molecule has 0 aliphatic heterocycles. The van der Waals surface area contributed by atoms with Crippen molar-refractivity contribution >= 4 is 6.21 Å². The molecule has 0 atom stereocenters. The summed E-state index contributed by atoms with van der Waals surface area (Å²) >= 11 is 0. The molecule has 0 bridgehead atoms. The molecule has 0 radical (unpaired) electrons. The smallest absolute Gasteiger partial charge is 0.0451 e. The molecule has 0 saturated heterocycles. The second-order valence-electron chi connectivity index (χ2n) is 3.47. The molecular weight excluding hydrogens is 174 g/mol. The van der Waals surface area contributed by atoms with Gasteiger partial charge < -0.3 is 10.6 Å². The van der Waals surface area contributed by atoms with Crippen molar-refractivity contribution in [1.29, 1.82) is 0 Å². The summed E-state index contributed by atoms with van der Waals surface area (Å²) in [6.45, 7) is 5.21. The van der Waals surface area contributed by atoms with Crippen LogP contribution in [0.5, 0.6) is 0 Å². The summed E-state index contributed by atoms with van der Waals surface area (Å²) in [6.07, 6.45) is 8.15. The molecule has 2 N–H and O–H groups in total.